The first-order valence-electron chi connectivity index (χ1n) is 7.34. The maximum absolute atomic E-state index is 12.4. The van der Waals surface area contributed by atoms with Crippen LogP contribution >= 0.6 is 0 Å². The molecule has 20 heavy (non-hydrogen) atoms. The molecule has 0 radical (unpaired) electrons. The molecular weight excluding hydrogens is 250 g/mol. The van der Waals surface area contributed by atoms with Crippen molar-refractivity contribution in [1.29, 1.82) is 0 Å². The maximum Gasteiger partial charge on any atom is 0.274 e. The number of aromatic nitrogens is 2. The fourth-order valence-electron chi connectivity index (χ4n) is 2.98. The number of rotatable bonds is 3. The summed E-state index contributed by atoms with van der Waals surface area (Å²) in [6, 6.07) is 8.24. The van der Waals surface area contributed by atoms with Crippen LogP contribution in [-0.2, 0) is 6.54 Å². The lowest BCUT2D eigenvalue weighted by Crippen LogP contribution is -2.31. The summed E-state index contributed by atoms with van der Waals surface area (Å²) >= 11 is 0. The van der Waals surface area contributed by atoms with Crippen molar-refractivity contribution < 1.29 is 0 Å². The topological polar surface area (TPSA) is 38.1 Å². The number of hydrogen-bond donors (Lipinski definition) is 0. The van der Waals surface area contributed by atoms with Crippen molar-refractivity contribution in [3.05, 3.63) is 40.8 Å². The van der Waals surface area contributed by atoms with Crippen molar-refractivity contribution in [2.45, 2.75) is 32.9 Å². The molecule has 4 nitrogen and oxygen atoms in total. The molecule has 1 unspecified atom stereocenters. The molecule has 1 aliphatic rings. The average Bonchev–Trinajstić information content (AvgIpc) is 2.91. The molecule has 1 aliphatic heterocycles. The van der Waals surface area contributed by atoms with E-state index in [1.54, 1.807) is 10.9 Å². The summed E-state index contributed by atoms with van der Waals surface area (Å²) in [5, 5.41) is 6.01. The van der Waals surface area contributed by atoms with E-state index < -0.39 is 0 Å². The third kappa shape index (κ3) is 2.48. The van der Waals surface area contributed by atoms with E-state index in [0.29, 0.717) is 12.0 Å². The zero-order valence-electron chi connectivity index (χ0n) is 12.1. The van der Waals surface area contributed by atoms with E-state index in [9.17, 15) is 4.79 Å². The molecule has 1 aromatic carbocycles. The highest BCUT2D eigenvalue weighted by atomic mass is 16.1. The van der Waals surface area contributed by atoms with Crippen LogP contribution in [0.2, 0.25) is 0 Å². The highest BCUT2D eigenvalue weighted by molar-refractivity contribution is 5.80. The van der Waals surface area contributed by atoms with Crippen molar-refractivity contribution in [2.24, 2.45) is 5.92 Å². The van der Waals surface area contributed by atoms with Gasteiger partial charge in [-0.25, -0.2) is 4.68 Å². The highest BCUT2D eigenvalue weighted by Crippen LogP contribution is 2.19. The van der Waals surface area contributed by atoms with E-state index in [1.807, 2.05) is 24.3 Å². The van der Waals surface area contributed by atoms with Crippen LogP contribution in [0.5, 0.6) is 0 Å². The predicted octanol–water partition coefficient (Wildman–Crippen LogP) is 2.13. The number of hydrogen-bond acceptors (Lipinski definition) is 3. The molecule has 2 heterocycles. The standard InChI is InChI=1S/C16H21N3O/c1-12(2)18-8-7-13(10-18)11-19-16(20)15-6-4-3-5-14(15)9-17-19/h3-6,9,12-13H,7-8,10-11H2,1-2H3. The van der Waals surface area contributed by atoms with Crippen LogP contribution in [0.25, 0.3) is 10.8 Å². The third-order valence-corrected chi connectivity index (χ3v) is 4.24. The van der Waals surface area contributed by atoms with Gasteiger partial charge in [-0.2, -0.15) is 5.10 Å². The first-order valence-corrected chi connectivity index (χ1v) is 7.34. The van der Waals surface area contributed by atoms with Crippen molar-refractivity contribution in [3.63, 3.8) is 0 Å². The zero-order chi connectivity index (χ0) is 14.1. The molecule has 1 saturated heterocycles. The number of likely N-dealkylation sites (tertiary alicyclic amines) is 1. The molecule has 1 aromatic heterocycles. The fourth-order valence-corrected chi connectivity index (χ4v) is 2.98. The van der Waals surface area contributed by atoms with Crippen LogP contribution < -0.4 is 5.56 Å². The highest BCUT2D eigenvalue weighted by Gasteiger charge is 2.25. The Morgan fingerprint density at radius 2 is 2.15 bits per heavy atom. The molecule has 0 saturated carbocycles. The first-order chi connectivity index (χ1) is 9.65. The summed E-state index contributed by atoms with van der Waals surface area (Å²) in [6.07, 6.45) is 2.95. The minimum absolute atomic E-state index is 0.0334. The lowest BCUT2D eigenvalue weighted by molar-refractivity contribution is 0.258. The molecule has 0 amide bonds. The van der Waals surface area contributed by atoms with Crippen molar-refractivity contribution in [1.82, 2.24) is 14.7 Å². The van der Waals surface area contributed by atoms with Gasteiger partial charge in [0.25, 0.3) is 5.56 Å². The molecule has 0 N–H and O–H groups in total. The summed E-state index contributed by atoms with van der Waals surface area (Å²) in [4.78, 5) is 14.9. The molecule has 0 spiro atoms. The van der Waals surface area contributed by atoms with E-state index >= 15 is 0 Å². The van der Waals surface area contributed by atoms with Crippen LogP contribution in [0.4, 0.5) is 0 Å². The lowest BCUT2D eigenvalue weighted by atomic mass is 10.1. The van der Waals surface area contributed by atoms with Gasteiger partial charge in [-0.05, 0) is 38.8 Å². The van der Waals surface area contributed by atoms with Gasteiger partial charge in [-0.3, -0.25) is 4.79 Å². The van der Waals surface area contributed by atoms with Gasteiger partial charge in [0.15, 0.2) is 0 Å². The van der Waals surface area contributed by atoms with Gasteiger partial charge >= 0.3 is 0 Å². The van der Waals surface area contributed by atoms with Gasteiger partial charge in [-0.15, -0.1) is 0 Å². The van der Waals surface area contributed by atoms with Crippen molar-refractivity contribution in [3.8, 4) is 0 Å². The van der Waals surface area contributed by atoms with Gasteiger partial charge in [-0.1, -0.05) is 18.2 Å². The van der Waals surface area contributed by atoms with E-state index in [1.165, 1.54) is 0 Å². The average molecular weight is 271 g/mol. The zero-order valence-corrected chi connectivity index (χ0v) is 12.1. The Balaban J connectivity index is 1.82. The molecule has 4 heteroatoms. The van der Waals surface area contributed by atoms with E-state index in [-0.39, 0.29) is 5.56 Å². The fraction of sp³-hybridized carbons (Fsp3) is 0.500. The molecule has 1 fully saturated rings. The smallest absolute Gasteiger partial charge is 0.274 e. The van der Waals surface area contributed by atoms with Crippen LogP contribution in [0.1, 0.15) is 20.3 Å². The Morgan fingerprint density at radius 1 is 1.35 bits per heavy atom. The third-order valence-electron chi connectivity index (χ3n) is 4.24. The van der Waals surface area contributed by atoms with Crippen molar-refractivity contribution >= 4 is 10.8 Å². The monoisotopic (exact) mass is 271 g/mol. The van der Waals surface area contributed by atoms with Crippen molar-refractivity contribution in [2.75, 3.05) is 13.1 Å². The Labute approximate surface area is 119 Å². The van der Waals surface area contributed by atoms with Gasteiger partial charge in [0.2, 0.25) is 0 Å². The predicted molar refractivity (Wildman–Crippen MR) is 80.8 cm³/mol. The van der Waals surface area contributed by atoms with Gasteiger partial charge < -0.3 is 4.90 Å². The molecule has 106 valence electrons. The van der Waals surface area contributed by atoms with Crippen LogP contribution in [-0.4, -0.2) is 33.8 Å². The Bertz CT molecular complexity index is 662. The van der Waals surface area contributed by atoms with Crippen LogP contribution in [0.15, 0.2) is 35.3 Å². The number of fused-ring (bicyclic) bond motifs is 1. The summed E-state index contributed by atoms with van der Waals surface area (Å²) in [5.41, 5.74) is 0.0334. The maximum atomic E-state index is 12.4. The second kappa shape index (κ2) is 5.37. The van der Waals surface area contributed by atoms with E-state index in [4.69, 9.17) is 0 Å². The minimum atomic E-state index is 0.0334. The minimum Gasteiger partial charge on any atom is -0.301 e. The van der Waals surface area contributed by atoms with Crippen LogP contribution in [0.3, 0.4) is 0 Å². The molecule has 0 bridgehead atoms. The lowest BCUT2D eigenvalue weighted by Gasteiger charge is -2.20. The summed E-state index contributed by atoms with van der Waals surface area (Å²) in [5.74, 6) is 0.531. The summed E-state index contributed by atoms with van der Waals surface area (Å²) in [6.45, 7) is 7.38. The molecular formula is C16H21N3O. The molecule has 1 atom stereocenters. The second-order valence-electron chi connectivity index (χ2n) is 5.96. The van der Waals surface area contributed by atoms with E-state index in [0.717, 1.165) is 36.8 Å². The van der Waals surface area contributed by atoms with E-state index in [2.05, 4.69) is 23.8 Å². The van der Waals surface area contributed by atoms with Gasteiger partial charge in [0.1, 0.15) is 0 Å². The first kappa shape index (κ1) is 13.3. The normalized spacial score (nSPS) is 20.1. The molecule has 0 aliphatic carbocycles. The summed E-state index contributed by atoms with van der Waals surface area (Å²) < 4.78 is 1.64. The summed E-state index contributed by atoms with van der Waals surface area (Å²) in [7, 11) is 0. The van der Waals surface area contributed by atoms with Gasteiger partial charge in [0.05, 0.1) is 11.6 Å². The SMILES string of the molecule is CC(C)N1CCC(Cn2ncc3ccccc3c2=O)C1. The Kier molecular flexibility index (Phi) is 3.57. The quantitative estimate of drug-likeness (QED) is 0.858. The largest absolute Gasteiger partial charge is 0.301 e. The Morgan fingerprint density at radius 3 is 2.90 bits per heavy atom. The van der Waals surface area contributed by atoms with Crippen LogP contribution in [0, 0.1) is 5.92 Å². The molecule has 3 rings (SSSR count). The second-order valence-corrected chi connectivity index (χ2v) is 5.96. The van der Waals surface area contributed by atoms with Gasteiger partial charge in [0, 0.05) is 24.5 Å². The molecule has 2 aromatic rings. The Hall–Kier alpha value is -1.68. The number of benzene rings is 1. The number of nitrogens with zero attached hydrogens (tertiary/aromatic N) is 3.